The molecule has 1 unspecified atom stereocenters. The first-order valence-corrected chi connectivity index (χ1v) is 9.37. The molecule has 1 aromatic heterocycles. The fourth-order valence-electron chi connectivity index (χ4n) is 3.77. The van der Waals surface area contributed by atoms with Gasteiger partial charge in [0.2, 0.25) is 0 Å². The second-order valence-corrected chi connectivity index (χ2v) is 7.41. The maximum Gasteiger partial charge on any atom is 0.274 e. The Morgan fingerprint density at radius 1 is 1.24 bits per heavy atom. The van der Waals surface area contributed by atoms with Gasteiger partial charge in [-0.3, -0.25) is 4.79 Å². The first-order chi connectivity index (χ1) is 12.2. The van der Waals surface area contributed by atoms with Crippen LogP contribution >= 0.6 is 11.6 Å². The molecule has 132 valence electrons. The number of hydrogen-bond donors (Lipinski definition) is 1. The molecule has 25 heavy (non-hydrogen) atoms. The summed E-state index contributed by atoms with van der Waals surface area (Å²) < 4.78 is 2.12. The zero-order valence-electron chi connectivity index (χ0n) is 14.2. The highest BCUT2D eigenvalue weighted by atomic mass is 35.5. The summed E-state index contributed by atoms with van der Waals surface area (Å²) in [6.45, 7) is 4.38. The van der Waals surface area contributed by atoms with E-state index in [9.17, 15) is 4.79 Å². The van der Waals surface area contributed by atoms with Crippen LogP contribution in [0, 0.1) is 5.92 Å². The topological polar surface area (TPSA) is 50.2 Å². The number of nitrogens with zero attached hydrogens (tertiary/aromatic N) is 3. The van der Waals surface area contributed by atoms with Gasteiger partial charge in [0.25, 0.3) is 5.91 Å². The van der Waals surface area contributed by atoms with Crippen molar-refractivity contribution in [3.63, 3.8) is 0 Å². The van der Waals surface area contributed by atoms with Crippen LogP contribution in [0.4, 0.5) is 0 Å². The van der Waals surface area contributed by atoms with E-state index in [0.717, 1.165) is 62.8 Å². The third kappa shape index (κ3) is 3.72. The standard InChI is InChI=1S/C19H23ClN4O/c20-16-3-1-14(2-4-16)11-15-6-9-24(12-15)19(25)17-13-23-10-8-21-7-5-18(23)22-17/h1-4,13,15,21H,5-12H2. The van der Waals surface area contributed by atoms with Crippen LogP contribution in [-0.2, 0) is 19.4 Å². The van der Waals surface area contributed by atoms with Gasteiger partial charge in [-0.2, -0.15) is 0 Å². The minimum absolute atomic E-state index is 0.0761. The number of hydrogen-bond acceptors (Lipinski definition) is 3. The van der Waals surface area contributed by atoms with Crippen molar-refractivity contribution in [2.75, 3.05) is 26.2 Å². The van der Waals surface area contributed by atoms with E-state index in [-0.39, 0.29) is 5.91 Å². The Hall–Kier alpha value is -1.85. The quantitative estimate of drug-likeness (QED) is 0.916. The van der Waals surface area contributed by atoms with Gasteiger partial charge in [-0.25, -0.2) is 4.98 Å². The Morgan fingerprint density at radius 3 is 2.92 bits per heavy atom. The van der Waals surface area contributed by atoms with E-state index < -0.39 is 0 Å². The van der Waals surface area contributed by atoms with Crippen LogP contribution in [0.25, 0.3) is 0 Å². The van der Waals surface area contributed by atoms with Crippen LogP contribution in [-0.4, -0.2) is 46.5 Å². The van der Waals surface area contributed by atoms with Crippen LogP contribution in [0.2, 0.25) is 5.02 Å². The summed E-state index contributed by atoms with van der Waals surface area (Å²) in [4.78, 5) is 19.4. The maximum atomic E-state index is 12.8. The third-order valence-corrected chi connectivity index (χ3v) is 5.40. The van der Waals surface area contributed by atoms with Crippen LogP contribution < -0.4 is 5.32 Å². The third-order valence-electron chi connectivity index (χ3n) is 5.14. The highest BCUT2D eigenvalue weighted by Gasteiger charge is 2.29. The Bertz CT molecular complexity index is 732. The van der Waals surface area contributed by atoms with Gasteiger partial charge in [0.15, 0.2) is 0 Å². The molecule has 4 rings (SSSR count). The molecule has 5 nitrogen and oxygen atoms in total. The number of fused-ring (bicyclic) bond motifs is 1. The predicted molar refractivity (Wildman–Crippen MR) is 98.0 cm³/mol. The predicted octanol–water partition coefficient (Wildman–Crippen LogP) is 2.39. The smallest absolute Gasteiger partial charge is 0.274 e. The summed E-state index contributed by atoms with van der Waals surface area (Å²) in [5.74, 6) is 1.60. The monoisotopic (exact) mass is 358 g/mol. The van der Waals surface area contributed by atoms with Gasteiger partial charge in [-0.15, -0.1) is 0 Å². The zero-order valence-corrected chi connectivity index (χ0v) is 15.0. The highest BCUT2D eigenvalue weighted by Crippen LogP contribution is 2.23. The van der Waals surface area contributed by atoms with Crippen molar-refractivity contribution in [1.82, 2.24) is 19.8 Å². The first kappa shape index (κ1) is 16.6. The molecule has 1 fully saturated rings. The Kier molecular flexibility index (Phi) is 4.77. The lowest BCUT2D eigenvalue weighted by Gasteiger charge is -2.15. The van der Waals surface area contributed by atoms with E-state index in [0.29, 0.717) is 11.6 Å². The van der Waals surface area contributed by atoms with E-state index in [1.807, 2.05) is 23.2 Å². The van der Waals surface area contributed by atoms with Crippen molar-refractivity contribution in [1.29, 1.82) is 0 Å². The van der Waals surface area contributed by atoms with Crippen LogP contribution in [0.5, 0.6) is 0 Å². The Labute approximate surface area is 153 Å². The second kappa shape index (κ2) is 7.18. The molecule has 1 N–H and O–H groups in total. The molecule has 0 spiro atoms. The highest BCUT2D eigenvalue weighted by molar-refractivity contribution is 6.30. The number of halogens is 1. The number of carbonyl (C=O) groups is 1. The van der Waals surface area contributed by atoms with Crippen molar-refractivity contribution in [2.45, 2.75) is 25.8 Å². The molecule has 2 aliphatic heterocycles. The van der Waals surface area contributed by atoms with Gasteiger partial charge in [0, 0.05) is 50.4 Å². The number of imidazole rings is 1. The van der Waals surface area contributed by atoms with Crippen molar-refractivity contribution >= 4 is 17.5 Å². The number of benzene rings is 1. The fourth-order valence-corrected chi connectivity index (χ4v) is 3.90. The van der Waals surface area contributed by atoms with E-state index in [1.54, 1.807) is 0 Å². The Balaban J connectivity index is 1.39. The lowest BCUT2D eigenvalue weighted by atomic mass is 9.99. The molecule has 1 aromatic carbocycles. The number of aromatic nitrogens is 2. The lowest BCUT2D eigenvalue weighted by molar-refractivity contribution is 0.0781. The average molecular weight is 359 g/mol. The molecule has 1 atom stereocenters. The van der Waals surface area contributed by atoms with Gasteiger partial charge < -0.3 is 14.8 Å². The van der Waals surface area contributed by atoms with Crippen molar-refractivity contribution < 1.29 is 4.79 Å². The summed E-state index contributed by atoms with van der Waals surface area (Å²) in [6, 6.07) is 8.02. The molecule has 1 amide bonds. The average Bonchev–Trinajstić information content (AvgIpc) is 3.18. The van der Waals surface area contributed by atoms with Gasteiger partial charge in [-0.1, -0.05) is 23.7 Å². The van der Waals surface area contributed by atoms with Crippen LogP contribution in [0.1, 0.15) is 28.3 Å². The molecule has 0 radical (unpaired) electrons. The normalized spacial score (nSPS) is 20.4. The number of carbonyl (C=O) groups excluding carboxylic acids is 1. The molecule has 1 saturated heterocycles. The van der Waals surface area contributed by atoms with Gasteiger partial charge in [-0.05, 0) is 36.5 Å². The van der Waals surface area contributed by atoms with Crippen molar-refractivity contribution in [3.8, 4) is 0 Å². The molecule has 0 bridgehead atoms. The maximum absolute atomic E-state index is 12.8. The number of likely N-dealkylation sites (tertiary alicyclic amines) is 1. The van der Waals surface area contributed by atoms with Crippen LogP contribution in [0.15, 0.2) is 30.5 Å². The minimum atomic E-state index is 0.0761. The largest absolute Gasteiger partial charge is 0.337 e. The molecule has 0 saturated carbocycles. The lowest BCUT2D eigenvalue weighted by Crippen LogP contribution is -2.29. The van der Waals surface area contributed by atoms with Gasteiger partial charge >= 0.3 is 0 Å². The molecular formula is C19H23ClN4O. The van der Waals surface area contributed by atoms with E-state index >= 15 is 0 Å². The van der Waals surface area contributed by atoms with Crippen molar-refractivity contribution in [3.05, 3.63) is 52.6 Å². The minimum Gasteiger partial charge on any atom is -0.337 e. The second-order valence-electron chi connectivity index (χ2n) is 6.97. The summed E-state index contributed by atoms with van der Waals surface area (Å²) in [5.41, 5.74) is 1.88. The number of nitrogens with one attached hydrogen (secondary N) is 1. The molecule has 2 aromatic rings. The Morgan fingerprint density at radius 2 is 2.08 bits per heavy atom. The van der Waals surface area contributed by atoms with Gasteiger partial charge in [0.05, 0.1) is 0 Å². The van der Waals surface area contributed by atoms with Crippen molar-refractivity contribution in [2.24, 2.45) is 5.92 Å². The molecule has 3 heterocycles. The summed E-state index contributed by atoms with van der Waals surface area (Å²) >= 11 is 5.95. The summed E-state index contributed by atoms with van der Waals surface area (Å²) in [5, 5.41) is 4.12. The summed E-state index contributed by atoms with van der Waals surface area (Å²) in [7, 11) is 0. The van der Waals surface area contributed by atoms with Crippen LogP contribution in [0.3, 0.4) is 0 Å². The molecular weight excluding hydrogens is 336 g/mol. The fraction of sp³-hybridized carbons (Fsp3) is 0.474. The zero-order chi connectivity index (χ0) is 17.2. The summed E-state index contributed by atoms with van der Waals surface area (Å²) in [6.07, 6.45) is 4.85. The molecule has 6 heteroatoms. The number of rotatable bonds is 3. The number of amides is 1. The van der Waals surface area contributed by atoms with E-state index in [2.05, 4.69) is 27.0 Å². The van der Waals surface area contributed by atoms with E-state index in [4.69, 9.17) is 11.6 Å². The molecule has 0 aliphatic carbocycles. The first-order valence-electron chi connectivity index (χ1n) is 8.99. The SMILES string of the molecule is O=C(c1cn2c(n1)CCNCC2)N1CCC(Cc2ccc(Cl)cc2)C1. The molecule has 2 aliphatic rings. The van der Waals surface area contributed by atoms with E-state index in [1.165, 1.54) is 5.56 Å². The van der Waals surface area contributed by atoms with Gasteiger partial charge in [0.1, 0.15) is 11.5 Å².